The SMILES string of the molecule is COc1ccc(C(=O)c2ccc(N[O-])cc2)c(F)c1-c1cccc(Cl)c1. The van der Waals surface area contributed by atoms with Gasteiger partial charge in [-0.25, -0.2) is 4.39 Å². The normalized spacial score (nSPS) is 10.5. The molecule has 0 fully saturated rings. The molecule has 0 aliphatic rings. The Hall–Kier alpha value is -2.89. The summed E-state index contributed by atoms with van der Waals surface area (Å²) in [6.45, 7) is 0. The van der Waals surface area contributed by atoms with E-state index in [1.807, 2.05) is 0 Å². The number of anilines is 1. The number of ether oxygens (including phenoxy) is 1. The third-order valence-electron chi connectivity index (χ3n) is 3.95. The molecule has 0 aliphatic heterocycles. The van der Waals surface area contributed by atoms with Crippen molar-refractivity contribution in [3.63, 3.8) is 0 Å². The molecule has 1 N–H and O–H groups in total. The van der Waals surface area contributed by atoms with Crippen molar-refractivity contribution in [2.45, 2.75) is 0 Å². The van der Waals surface area contributed by atoms with Gasteiger partial charge in [0.25, 0.3) is 0 Å². The highest BCUT2D eigenvalue weighted by atomic mass is 35.5. The average Bonchev–Trinajstić information content (AvgIpc) is 2.67. The fraction of sp³-hybridized carbons (Fsp3) is 0.0500. The number of carbonyl (C=O) groups excluding carboxylic acids is 1. The average molecular weight is 371 g/mol. The zero-order valence-corrected chi connectivity index (χ0v) is 14.5. The number of methoxy groups -OCH3 is 1. The van der Waals surface area contributed by atoms with Crippen LogP contribution in [0.5, 0.6) is 5.75 Å². The van der Waals surface area contributed by atoms with E-state index < -0.39 is 11.6 Å². The first kappa shape index (κ1) is 17.9. The topological polar surface area (TPSA) is 61.4 Å². The Balaban J connectivity index is 2.11. The van der Waals surface area contributed by atoms with Crippen molar-refractivity contribution in [1.82, 2.24) is 0 Å². The second-order valence-electron chi connectivity index (χ2n) is 5.52. The summed E-state index contributed by atoms with van der Waals surface area (Å²) in [4.78, 5) is 12.7. The largest absolute Gasteiger partial charge is 0.761 e. The Bertz CT molecular complexity index is 958. The Morgan fingerprint density at radius 3 is 2.46 bits per heavy atom. The number of ketones is 1. The third kappa shape index (κ3) is 3.40. The molecule has 3 rings (SSSR count). The summed E-state index contributed by atoms with van der Waals surface area (Å²) in [6, 6.07) is 15.4. The molecule has 0 bridgehead atoms. The Kier molecular flexibility index (Phi) is 5.21. The first-order chi connectivity index (χ1) is 12.5. The van der Waals surface area contributed by atoms with Crippen molar-refractivity contribution in [3.05, 3.63) is 87.8 Å². The minimum Gasteiger partial charge on any atom is -0.761 e. The summed E-state index contributed by atoms with van der Waals surface area (Å²) in [6.07, 6.45) is 0. The van der Waals surface area contributed by atoms with Crippen molar-refractivity contribution in [1.29, 1.82) is 0 Å². The van der Waals surface area contributed by atoms with Crippen LogP contribution in [0.3, 0.4) is 0 Å². The van der Waals surface area contributed by atoms with Crippen LogP contribution in [0.1, 0.15) is 15.9 Å². The lowest BCUT2D eigenvalue weighted by Gasteiger charge is -2.14. The zero-order chi connectivity index (χ0) is 18.7. The van der Waals surface area contributed by atoms with Crippen molar-refractivity contribution in [2.75, 3.05) is 12.6 Å². The lowest BCUT2D eigenvalue weighted by atomic mass is 9.96. The predicted octanol–water partition coefficient (Wildman–Crippen LogP) is 5.30. The van der Waals surface area contributed by atoms with Crippen LogP contribution in [0.15, 0.2) is 60.7 Å². The molecule has 0 saturated carbocycles. The fourth-order valence-electron chi connectivity index (χ4n) is 2.66. The molecule has 0 aromatic heterocycles. The van der Waals surface area contributed by atoms with E-state index in [1.165, 1.54) is 37.4 Å². The zero-order valence-electron chi connectivity index (χ0n) is 13.8. The van der Waals surface area contributed by atoms with Gasteiger partial charge >= 0.3 is 0 Å². The number of carbonyl (C=O) groups is 1. The minimum atomic E-state index is -0.692. The fourth-order valence-corrected chi connectivity index (χ4v) is 2.85. The van der Waals surface area contributed by atoms with Gasteiger partial charge in [-0.3, -0.25) is 4.79 Å². The summed E-state index contributed by atoms with van der Waals surface area (Å²) in [5.74, 6) is -0.888. The number of rotatable bonds is 5. The number of hydrogen-bond acceptors (Lipinski definition) is 4. The van der Waals surface area contributed by atoms with E-state index in [2.05, 4.69) is 0 Å². The van der Waals surface area contributed by atoms with Gasteiger partial charge in [-0.15, -0.1) is 0 Å². The van der Waals surface area contributed by atoms with Gasteiger partial charge in [0.2, 0.25) is 0 Å². The monoisotopic (exact) mass is 370 g/mol. The molecule has 26 heavy (non-hydrogen) atoms. The highest BCUT2D eigenvalue weighted by Crippen LogP contribution is 2.36. The maximum absolute atomic E-state index is 15.2. The molecular formula is C20H14ClFNO3-. The highest BCUT2D eigenvalue weighted by Gasteiger charge is 2.21. The van der Waals surface area contributed by atoms with Gasteiger partial charge in [-0.2, -0.15) is 0 Å². The van der Waals surface area contributed by atoms with Crippen LogP contribution in [0.25, 0.3) is 11.1 Å². The van der Waals surface area contributed by atoms with Crippen LogP contribution in [0.2, 0.25) is 5.02 Å². The molecule has 0 saturated heterocycles. The van der Waals surface area contributed by atoms with Crippen LogP contribution < -0.4 is 10.2 Å². The van der Waals surface area contributed by atoms with Crippen LogP contribution in [-0.2, 0) is 0 Å². The second kappa shape index (κ2) is 7.56. The van der Waals surface area contributed by atoms with E-state index in [-0.39, 0.29) is 16.7 Å². The summed E-state index contributed by atoms with van der Waals surface area (Å²) in [7, 11) is 1.43. The standard InChI is InChI=1S/C20H14ClFNO3/c1-26-17-10-9-16(20(24)12-5-7-15(23-25)8-6-12)19(22)18(17)13-3-2-4-14(21)11-13/h2-11,23H,1H3/q-1. The van der Waals surface area contributed by atoms with E-state index in [0.29, 0.717) is 22.0 Å². The van der Waals surface area contributed by atoms with Crippen molar-refractivity contribution in [2.24, 2.45) is 0 Å². The van der Waals surface area contributed by atoms with Gasteiger partial charge in [0.05, 0.1) is 18.2 Å². The molecule has 0 aliphatic carbocycles. The molecule has 0 unspecified atom stereocenters. The van der Waals surface area contributed by atoms with E-state index in [0.717, 1.165) is 0 Å². The summed E-state index contributed by atoms with van der Waals surface area (Å²) < 4.78 is 20.5. The first-order valence-corrected chi connectivity index (χ1v) is 8.08. The molecule has 132 valence electrons. The van der Waals surface area contributed by atoms with Crippen molar-refractivity contribution < 1.29 is 13.9 Å². The Morgan fingerprint density at radius 2 is 1.85 bits per heavy atom. The van der Waals surface area contributed by atoms with E-state index in [4.69, 9.17) is 16.3 Å². The minimum absolute atomic E-state index is 0.0939. The van der Waals surface area contributed by atoms with Gasteiger partial charge in [0, 0.05) is 16.3 Å². The predicted molar refractivity (Wildman–Crippen MR) is 100 cm³/mol. The summed E-state index contributed by atoms with van der Waals surface area (Å²) in [5, 5.41) is 11.1. The van der Waals surface area contributed by atoms with Gasteiger partial charge in [0.15, 0.2) is 5.78 Å². The number of nitrogens with one attached hydrogen (secondary N) is 1. The van der Waals surface area contributed by atoms with Gasteiger partial charge < -0.3 is 15.4 Å². The van der Waals surface area contributed by atoms with E-state index >= 15 is 4.39 Å². The Morgan fingerprint density at radius 1 is 1.12 bits per heavy atom. The second-order valence-corrected chi connectivity index (χ2v) is 5.96. The molecule has 6 heteroatoms. The van der Waals surface area contributed by atoms with E-state index in [9.17, 15) is 10.0 Å². The molecule has 3 aromatic rings. The van der Waals surface area contributed by atoms with Crippen molar-refractivity contribution in [3.8, 4) is 16.9 Å². The lowest BCUT2D eigenvalue weighted by molar-refractivity contribution is 0.103. The number of benzene rings is 3. The summed E-state index contributed by atoms with van der Waals surface area (Å²) in [5.41, 5.74) is 2.89. The number of hydrogen-bond donors (Lipinski definition) is 1. The van der Waals surface area contributed by atoms with Crippen LogP contribution in [-0.4, -0.2) is 12.9 Å². The molecular weight excluding hydrogens is 357 g/mol. The Labute approximate surface area is 154 Å². The third-order valence-corrected chi connectivity index (χ3v) is 4.18. The maximum atomic E-state index is 15.2. The van der Waals surface area contributed by atoms with Crippen LogP contribution in [0.4, 0.5) is 10.1 Å². The molecule has 0 radical (unpaired) electrons. The molecule has 0 amide bonds. The lowest BCUT2D eigenvalue weighted by Crippen LogP contribution is -2.06. The molecule has 0 heterocycles. The molecule has 0 atom stereocenters. The maximum Gasteiger partial charge on any atom is 0.195 e. The van der Waals surface area contributed by atoms with Gasteiger partial charge in [-0.1, -0.05) is 23.7 Å². The number of halogens is 2. The molecule has 3 aromatic carbocycles. The molecule has 0 spiro atoms. The summed E-state index contributed by atoms with van der Waals surface area (Å²) >= 11 is 6.01. The smallest absolute Gasteiger partial charge is 0.195 e. The van der Waals surface area contributed by atoms with Crippen molar-refractivity contribution >= 4 is 23.1 Å². The van der Waals surface area contributed by atoms with Crippen LogP contribution in [0, 0.1) is 11.0 Å². The van der Waals surface area contributed by atoms with Gasteiger partial charge in [-0.05, 0) is 54.1 Å². The highest BCUT2D eigenvalue weighted by molar-refractivity contribution is 6.30. The molecule has 4 nitrogen and oxygen atoms in total. The van der Waals surface area contributed by atoms with Gasteiger partial charge in [0.1, 0.15) is 11.6 Å². The first-order valence-electron chi connectivity index (χ1n) is 7.70. The van der Waals surface area contributed by atoms with Crippen LogP contribution >= 0.6 is 11.6 Å². The van der Waals surface area contributed by atoms with E-state index in [1.54, 1.807) is 35.8 Å². The quantitative estimate of drug-likeness (QED) is 0.489.